The minimum absolute atomic E-state index is 0.0645. The topological polar surface area (TPSA) is 41.6 Å². The van der Waals surface area contributed by atoms with Crippen molar-refractivity contribution in [3.63, 3.8) is 0 Å². The van der Waals surface area contributed by atoms with Gasteiger partial charge in [0.2, 0.25) is 0 Å². The maximum absolute atomic E-state index is 12.3. The van der Waals surface area contributed by atoms with E-state index in [0.717, 1.165) is 12.8 Å². The van der Waals surface area contributed by atoms with E-state index in [1.165, 1.54) is 11.1 Å². The van der Waals surface area contributed by atoms with Crippen molar-refractivity contribution in [3.05, 3.63) is 35.4 Å². The molecule has 1 aromatic carbocycles. The van der Waals surface area contributed by atoms with Crippen molar-refractivity contribution in [2.45, 2.75) is 58.7 Å². The Morgan fingerprint density at radius 2 is 2.00 bits per heavy atom. The SMILES string of the molecule is Cc1ccc(CNC(=S)[C@H]2CCCN2C(=O)OC(C)(C)C)cc1. The zero-order valence-corrected chi connectivity index (χ0v) is 15.2. The molecule has 1 heterocycles. The number of nitrogens with one attached hydrogen (secondary N) is 1. The summed E-state index contributed by atoms with van der Waals surface area (Å²) in [4.78, 5) is 14.8. The van der Waals surface area contributed by atoms with E-state index < -0.39 is 5.60 Å². The Morgan fingerprint density at radius 3 is 2.61 bits per heavy atom. The first-order valence-corrected chi connectivity index (χ1v) is 8.50. The maximum atomic E-state index is 12.3. The standard InChI is InChI=1S/C18H26N2O2S/c1-13-7-9-14(10-8-13)12-19-16(23)15-6-5-11-20(15)17(21)22-18(2,3)4/h7-10,15H,5-6,11-12H2,1-4H3,(H,19,23)/t15-/m1/s1. The summed E-state index contributed by atoms with van der Waals surface area (Å²) >= 11 is 5.52. The van der Waals surface area contributed by atoms with Crippen LogP contribution in [0.1, 0.15) is 44.7 Å². The van der Waals surface area contributed by atoms with Crippen LogP contribution < -0.4 is 5.32 Å². The number of hydrogen-bond donors (Lipinski definition) is 1. The van der Waals surface area contributed by atoms with Gasteiger partial charge in [-0.1, -0.05) is 42.0 Å². The molecule has 1 saturated heterocycles. The van der Waals surface area contributed by atoms with E-state index in [1.54, 1.807) is 4.90 Å². The fourth-order valence-corrected chi connectivity index (χ4v) is 2.91. The lowest BCUT2D eigenvalue weighted by Crippen LogP contribution is -2.46. The molecule has 4 nitrogen and oxygen atoms in total. The van der Waals surface area contributed by atoms with Crippen LogP contribution in [-0.2, 0) is 11.3 Å². The predicted molar refractivity (Wildman–Crippen MR) is 96.6 cm³/mol. The van der Waals surface area contributed by atoms with E-state index in [1.807, 2.05) is 20.8 Å². The molecule has 0 unspecified atom stereocenters. The molecule has 1 N–H and O–H groups in total. The van der Waals surface area contributed by atoms with Crippen LogP contribution in [0.2, 0.25) is 0 Å². The van der Waals surface area contributed by atoms with Crippen LogP contribution in [-0.4, -0.2) is 34.2 Å². The molecular formula is C18H26N2O2S. The van der Waals surface area contributed by atoms with Crippen molar-refractivity contribution in [3.8, 4) is 0 Å². The quantitative estimate of drug-likeness (QED) is 0.854. The molecule has 0 radical (unpaired) electrons. The highest BCUT2D eigenvalue weighted by molar-refractivity contribution is 7.80. The molecule has 2 rings (SSSR count). The van der Waals surface area contributed by atoms with Gasteiger partial charge < -0.3 is 10.1 Å². The van der Waals surface area contributed by atoms with Gasteiger partial charge in [0.05, 0.1) is 11.0 Å². The van der Waals surface area contributed by atoms with Gasteiger partial charge >= 0.3 is 6.09 Å². The normalized spacial score (nSPS) is 17.9. The second-order valence-corrected chi connectivity index (χ2v) is 7.47. The second-order valence-electron chi connectivity index (χ2n) is 7.04. The van der Waals surface area contributed by atoms with Crippen LogP contribution >= 0.6 is 12.2 Å². The monoisotopic (exact) mass is 334 g/mol. The number of thiocarbonyl (C=S) groups is 1. The molecule has 1 aliphatic rings. The Balaban J connectivity index is 1.92. The number of amides is 1. The highest BCUT2D eigenvalue weighted by atomic mass is 32.1. The summed E-state index contributed by atoms with van der Waals surface area (Å²) in [7, 11) is 0. The lowest BCUT2D eigenvalue weighted by molar-refractivity contribution is 0.0265. The molecule has 1 amide bonds. The van der Waals surface area contributed by atoms with Gasteiger partial charge in [0.25, 0.3) is 0 Å². The molecule has 0 aliphatic carbocycles. The van der Waals surface area contributed by atoms with Crippen LogP contribution in [0.25, 0.3) is 0 Å². The summed E-state index contributed by atoms with van der Waals surface area (Å²) in [5.41, 5.74) is 1.93. The van der Waals surface area contributed by atoms with Crippen molar-refractivity contribution >= 4 is 23.3 Å². The van der Waals surface area contributed by atoms with E-state index in [0.29, 0.717) is 18.1 Å². The van der Waals surface area contributed by atoms with Crippen molar-refractivity contribution in [1.29, 1.82) is 0 Å². The van der Waals surface area contributed by atoms with Crippen molar-refractivity contribution in [2.75, 3.05) is 6.54 Å². The molecule has 0 saturated carbocycles. The average Bonchev–Trinajstić information content (AvgIpc) is 2.94. The van der Waals surface area contributed by atoms with E-state index >= 15 is 0 Å². The molecular weight excluding hydrogens is 308 g/mol. The molecule has 1 aromatic rings. The minimum Gasteiger partial charge on any atom is -0.444 e. The number of hydrogen-bond acceptors (Lipinski definition) is 3. The third-order valence-corrected chi connectivity index (χ3v) is 4.19. The Morgan fingerprint density at radius 1 is 1.35 bits per heavy atom. The summed E-state index contributed by atoms with van der Waals surface area (Å²) in [5, 5.41) is 3.29. The fourth-order valence-electron chi connectivity index (χ4n) is 2.59. The Labute approximate surface area is 144 Å². The van der Waals surface area contributed by atoms with Crippen LogP contribution in [0, 0.1) is 6.92 Å². The molecule has 0 spiro atoms. The summed E-state index contributed by atoms with van der Waals surface area (Å²) < 4.78 is 5.48. The molecule has 1 fully saturated rings. The van der Waals surface area contributed by atoms with Gasteiger partial charge in [-0.2, -0.15) is 0 Å². The fraction of sp³-hybridized carbons (Fsp3) is 0.556. The summed E-state index contributed by atoms with van der Waals surface area (Å²) in [6, 6.07) is 8.28. The summed E-state index contributed by atoms with van der Waals surface area (Å²) in [5.74, 6) is 0. The smallest absolute Gasteiger partial charge is 0.410 e. The zero-order chi connectivity index (χ0) is 17.0. The zero-order valence-electron chi connectivity index (χ0n) is 14.4. The van der Waals surface area contributed by atoms with Crippen LogP contribution in [0.15, 0.2) is 24.3 Å². The number of carbonyl (C=O) groups excluding carboxylic acids is 1. The highest BCUT2D eigenvalue weighted by Crippen LogP contribution is 2.21. The van der Waals surface area contributed by atoms with E-state index in [9.17, 15) is 4.79 Å². The van der Waals surface area contributed by atoms with E-state index in [4.69, 9.17) is 17.0 Å². The first-order valence-electron chi connectivity index (χ1n) is 8.09. The number of aryl methyl sites for hydroxylation is 1. The van der Waals surface area contributed by atoms with Crippen molar-refractivity contribution < 1.29 is 9.53 Å². The Kier molecular flexibility index (Phi) is 5.63. The van der Waals surface area contributed by atoms with E-state index in [-0.39, 0.29) is 12.1 Å². The molecule has 0 aromatic heterocycles. The molecule has 1 atom stereocenters. The van der Waals surface area contributed by atoms with Crippen LogP contribution in [0.4, 0.5) is 4.79 Å². The third kappa shape index (κ3) is 5.20. The number of likely N-dealkylation sites (tertiary alicyclic amines) is 1. The number of carbonyl (C=O) groups is 1. The minimum atomic E-state index is -0.485. The van der Waals surface area contributed by atoms with Gasteiger partial charge in [0, 0.05) is 13.1 Å². The lowest BCUT2D eigenvalue weighted by Gasteiger charge is -2.29. The molecule has 1 aliphatic heterocycles. The largest absolute Gasteiger partial charge is 0.444 e. The maximum Gasteiger partial charge on any atom is 0.410 e. The van der Waals surface area contributed by atoms with Gasteiger partial charge in [0.1, 0.15) is 5.60 Å². The molecule has 23 heavy (non-hydrogen) atoms. The highest BCUT2D eigenvalue weighted by Gasteiger charge is 2.34. The molecule has 0 bridgehead atoms. The first kappa shape index (κ1) is 17.7. The molecule has 126 valence electrons. The first-order chi connectivity index (χ1) is 10.8. The third-order valence-electron chi connectivity index (χ3n) is 3.77. The number of ether oxygens (including phenoxy) is 1. The van der Waals surface area contributed by atoms with Crippen LogP contribution in [0.3, 0.4) is 0 Å². The number of rotatable bonds is 3. The summed E-state index contributed by atoms with van der Waals surface area (Å²) in [6.45, 7) is 9.08. The lowest BCUT2D eigenvalue weighted by atomic mass is 10.1. The summed E-state index contributed by atoms with van der Waals surface area (Å²) in [6.07, 6.45) is 1.56. The van der Waals surface area contributed by atoms with Gasteiger partial charge in [-0.25, -0.2) is 4.79 Å². The average molecular weight is 334 g/mol. The molecule has 5 heteroatoms. The van der Waals surface area contributed by atoms with Crippen molar-refractivity contribution in [2.24, 2.45) is 0 Å². The van der Waals surface area contributed by atoms with Gasteiger partial charge in [-0.05, 0) is 46.1 Å². The predicted octanol–water partition coefficient (Wildman–Crippen LogP) is 3.81. The number of benzene rings is 1. The van der Waals surface area contributed by atoms with Crippen LogP contribution in [0.5, 0.6) is 0 Å². The van der Waals surface area contributed by atoms with E-state index in [2.05, 4.69) is 36.5 Å². The van der Waals surface area contributed by atoms with Gasteiger partial charge in [-0.15, -0.1) is 0 Å². The van der Waals surface area contributed by atoms with Gasteiger partial charge in [-0.3, -0.25) is 4.90 Å². The van der Waals surface area contributed by atoms with Gasteiger partial charge in [0.15, 0.2) is 0 Å². The van der Waals surface area contributed by atoms with Crippen molar-refractivity contribution in [1.82, 2.24) is 10.2 Å². The second kappa shape index (κ2) is 7.30. The Hall–Kier alpha value is -1.62. The Bertz CT molecular complexity index is 563. The number of nitrogens with zero attached hydrogens (tertiary/aromatic N) is 1.